The molecule has 1 spiro atoms. The van der Waals surface area contributed by atoms with Crippen LogP contribution in [-0.2, 0) is 22.8 Å². The molecule has 2 N–H and O–H groups in total. The second-order valence-electron chi connectivity index (χ2n) is 15.8. The van der Waals surface area contributed by atoms with E-state index >= 15 is 0 Å². The molecule has 4 aliphatic rings. The molecule has 0 radical (unpaired) electrons. The molecule has 292 valence electrons. The van der Waals surface area contributed by atoms with E-state index in [1.807, 2.05) is 28.9 Å². The highest BCUT2D eigenvalue weighted by molar-refractivity contribution is 6.01. The Hall–Kier alpha value is -4.72. The van der Waals surface area contributed by atoms with Gasteiger partial charge in [0.15, 0.2) is 0 Å². The van der Waals surface area contributed by atoms with Gasteiger partial charge in [-0.2, -0.15) is 18.3 Å². The topological polar surface area (TPSA) is 120 Å². The molecule has 5 heterocycles. The van der Waals surface area contributed by atoms with Crippen LogP contribution in [0.5, 0.6) is 0 Å². The van der Waals surface area contributed by atoms with Crippen LogP contribution >= 0.6 is 0 Å². The number of amides is 3. The first-order valence-corrected chi connectivity index (χ1v) is 18.9. The van der Waals surface area contributed by atoms with E-state index in [1.54, 1.807) is 19.3 Å². The maximum Gasteiger partial charge on any atom is 0.416 e. The van der Waals surface area contributed by atoms with E-state index in [1.165, 1.54) is 16.3 Å². The molecular weight excluding hydrogens is 699 g/mol. The van der Waals surface area contributed by atoms with Gasteiger partial charge in [0.1, 0.15) is 0 Å². The number of alkyl halides is 3. The standard InChI is InChI=1S/C40H48F3N7O4.2H2/c1-25-34(22-44-48(3)37(25)53)45-29-20-28(23-47(2)24-29)26-4-6-27(7-5-26)38(54)50-18-14-39(15-19-50)12-16-49(17-13-39)30-8-9-31(33(21-30)40(41,42)43)32-10-11-35(51)46-36(32)52;;/h4-9,21-22,28-29,32,45H,10-20,23-24H2,1-3H3,(H,46,51,52);2*1H/t28-,29+,32?;;/m0../s1. The summed E-state index contributed by atoms with van der Waals surface area (Å²) in [6.45, 7) is 6.03. The largest absolute Gasteiger partial charge is 0.416 e. The molecule has 54 heavy (non-hydrogen) atoms. The van der Waals surface area contributed by atoms with Crippen LogP contribution in [0.15, 0.2) is 53.5 Å². The lowest BCUT2D eigenvalue weighted by molar-refractivity contribution is -0.139. The van der Waals surface area contributed by atoms with Gasteiger partial charge in [0.25, 0.3) is 11.5 Å². The number of aromatic nitrogens is 2. The Kier molecular flexibility index (Phi) is 10.3. The number of piperidine rings is 4. The van der Waals surface area contributed by atoms with Gasteiger partial charge >= 0.3 is 6.18 Å². The summed E-state index contributed by atoms with van der Waals surface area (Å²) in [5.74, 6) is -1.89. The number of likely N-dealkylation sites (tertiary alicyclic amines) is 2. The van der Waals surface area contributed by atoms with Crippen molar-refractivity contribution in [3.63, 3.8) is 0 Å². The number of rotatable bonds is 6. The number of imide groups is 1. The Morgan fingerprint density at radius 3 is 2.31 bits per heavy atom. The number of hydrogen-bond acceptors (Lipinski definition) is 8. The van der Waals surface area contributed by atoms with E-state index in [0.29, 0.717) is 43.0 Å². The van der Waals surface area contributed by atoms with E-state index in [9.17, 15) is 32.3 Å². The molecule has 4 saturated heterocycles. The first-order valence-electron chi connectivity index (χ1n) is 18.9. The average molecular weight is 752 g/mol. The van der Waals surface area contributed by atoms with Crippen molar-refractivity contribution < 1.29 is 30.4 Å². The van der Waals surface area contributed by atoms with Crippen LogP contribution in [0.4, 0.5) is 24.5 Å². The number of anilines is 2. The zero-order valence-electron chi connectivity index (χ0n) is 31.0. The second-order valence-corrected chi connectivity index (χ2v) is 15.8. The van der Waals surface area contributed by atoms with E-state index in [-0.39, 0.29) is 50.1 Å². The van der Waals surface area contributed by atoms with Gasteiger partial charge in [0.05, 0.1) is 23.4 Å². The van der Waals surface area contributed by atoms with Gasteiger partial charge < -0.3 is 20.0 Å². The molecule has 11 nitrogen and oxygen atoms in total. The van der Waals surface area contributed by atoms with Crippen LogP contribution in [-0.4, -0.2) is 89.7 Å². The van der Waals surface area contributed by atoms with Crippen LogP contribution in [0, 0.1) is 12.3 Å². The van der Waals surface area contributed by atoms with E-state index in [2.05, 4.69) is 39.8 Å². The quantitative estimate of drug-likeness (QED) is 0.316. The van der Waals surface area contributed by atoms with Crippen molar-refractivity contribution in [3.05, 3.63) is 86.8 Å². The number of aryl methyl sites for hydroxylation is 1. The van der Waals surface area contributed by atoms with Crippen molar-refractivity contribution in [2.75, 3.05) is 56.5 Å². The van der Waals surface area contributed by atoms with Crippen molar-refractivity contribution >= 4 is 29.1 Å². The summed E-state index contributed by atoms with van der Waals surface area (Å²) >= 11 is 0. The molecule has 3 atom stereocenters. The van der Waals surface area contributed by atoms with Crippen LogP contribution in [0.2, 0.25) is 0 Å². The Labute approximate surface area is 315 Å². The normalized spacial score (nSPS) is 23.7. The summed E-state index contributed by atoms with van der Waals surface area (Å²) in [6, 6.07) is 12.3. The lowest BCUT2D eigenvalue weighted by atomic mass is 9.71. The fraction of sp³-hybridized carbons (Fsp3) is 0.525. The Balaban J connectivity index is 0.00000300. The molecule has 0 saturated carbocycles. The molecular formula is C40H52F3N7O4. The fourth-order valence-electron chi connectivity index (χ4n) is 8.97. The first-order chi connectivity index (χ1) is 25.7. The summed E-state index contributed by atoms with van der Waals surface area (Å²) in [4.78, 5) is 56.2. The minimum Gasteiger partial charge on any atom is -0.379 e. The molecule has 7 rings (SSSR count). The third-order valence-electron chi connectivity index (χ3n) is 12.3. The van der Waals surface area contributed by atoms with Gasteiger partial charge in [0.2, 0.25) is 11.8 Å². The van der Waals surface area contributed by atoms with Crippen molar-refractivity contribution in [3.8, 4) is 0 Å². The van der Waals surface area contributed by atoms with Crippen LogP contribution in [0.25, 0.3) is 0 Å². The lowest BCUT2D eigenvalue weighted by Crippen LogP contribution is -2.48. The van der Waals surface area contributed by atoms with Crippen molar-refractivity contribution in [1.29, 1.82) is 0 Å². The van der Waals surface area contributed by atoms with E-state index < -0.39 is 29.5 Å². The lowest BCUT2D eigenvalue weighted by Gasteiger charge is -2.47. The zero-order valence-corrected chi connectivity index (χ0v) is 31.0. The van der Waals surface area contributed by atoms with Crippen LogP contribution < -0.4 is 21.1 Å². The number of hydrogen-bond donors (Lipinski definition) is 2. The summed E-state index contributed by atoms with van der Waals surface area (Å²) < 4.78 is 44.0. The van der Waals surface area contributed by atoms with E-state index in [0.717, 1.165) is 56.9 Å². The molecule has 0 bridgehead atoms. The number of carbonyl (C=O) groups excluding carboxylic acids is 3. The summed E-state index contributed by atoms with van der Waals surface area (Å²) in [6.07, 6.45) is 1.35. The fourth-order valence-corrected chi connectivity index (χ4v) is 8.97. The van der Waals surface area contributed by atoms with Gasteiger partial charge in [-0.1, -0.05) is 18.2 Å². The molecule has 1 unspecified atom stereocenters. The number of likely N-dealkylation sites (N-methyl/N-ethyl adjacent to an activating group) is 1. The zero-order chi connectivity index (χ0) is 38.4. The summed E-state index contributed by atoms with van der Waals surface area (Å²) in [7, 11) is 3.73. The molecule has 4 fully saturated rings. The number of halogens is 3. The maximum absolute atomic E-state index is 14.2. The number of benzene rings is 2. The van der Waals surface area contributed by atoms with E-state index in [4.69, 9.17) is 0 Å². The first kappa shape index (κ1) is 37.6. The Morgan fingerprint density at radius 2 is 1.65 bits per heavy atom. The highest BCUT2D eigenvalue weighted by atomic mass is 19.4. The number of nitrogens with zero attached hydrogens (tertiary/aromatic N) is 5. The molecule has 3 aromatic rings. The molecule has 14 heteroatoms. The second kappa shape index (κ2) is 14.8. The van der Waals surface area contributed by atoms with Crippen molar-refractivity contribution in [2.24, 2.45) is 12.5 Å². The molecule has 0 aliphatic carbocycles. The third kappa shape index (κ3) is 7.75. The van der Waals surface area contributed by atoms with Gasteiger partial charge in [-0.3, -0.25) is 24.5 Å². The maximum atomic E-state index is 14.2. The smallest absolute Gasteiger partial charge is 0.379 e. The number of carbonyl (C=O) groups is 3. The SMILES string of the molecule is Cc1c(N[C@@H]2C[C@H](c3ccc(C(=O)N4CCC5(CC4)CCN(c4ccc(C6CCC(=O)NC6=O)c(C(F)(F)F)c4)CC5)cc3)CN(C)C2)cnn(C)c1=O.[HH].[HH]. The van der Waals surface area contributed by atoms with Crippen molar-refractivity contribution in [1.82, 2.24) is 24.9 Å². The molecule has 2 aromatic carbocycles. The van der Waals surface area contributed by atoms with Crippen molar-refractivity contribution in [2.45, 2.75) is 75.9 Å². The highest BCUT2D eigenvalue weighted by Crippen LogP contribution is 2.44. The number of nitrogens with one attached hydrogen (secondary N) is 2. The third-order valence-corrected chi connectivity index (χ3v) is 12.3. The minimum atomic E-state index is -4.64. The van der Waals surface area contributed by atoms with Crippen LogP contribution in [0.1, 0.15) is 92.2 Å². The van der Waals surface area contributed by atoms with Gasteiger partial charge in [0, 0.05) is 78.4 Å². The predicted octanol–water partition coefficient (Wildman–Crippen LogP) is 5.54. The van der Waals surface area contributed by atoms with Crippen LogP contribution in [0.3, 0.4) is 0 Å². The van der Waals surface area contributed by atoms with Gasteiger partial charge in [-0.05, 0) is 99.2 Å². The Morgan fingerprint density at radius 1 is 0.963 bits per heavy atom. The minimum absolute atomic E-state index is 0. The molecule has 4 aliphatic heterocycles. The van der Waals surface area contributed by atoms with Gasteiger partial charge in [-0.25, -0.2) is 4.68 Å². The van der Waals surface area contributed by atoms with Gasteiger partial charge in [-0.15, -0.1) is 0 Å². The molecule has 3 amide bonds. The Bertz CT molecular complexity index is 1980. The molecule has 1 aromatic heterocycles. The highest BCUT2D eigenvalue weighted by Gasteiger charge is 2.41. The summed E-state index contributed by atoms with van der Waals surface area (Å²) in [5.41, 5.74) is 2.71. The predicted molar refractivity (Wildman–Crippen MR) is 203 cm³/mol. The monoisotopic (exact) mass is 751 g/mol. The summed E-state index contributed by atoms with van der Waals surface area (Å²) in [5, 5.41) is 9.88. The average Bonchev–Trinajstić information content (AvgIpc) is 3.15.